The standard InChI is InChI=1S/C18H15NO4/c1-12(20)13-3-2-4-15(9-13)19-8-7-16(21)14-5-6-17-18(10-14)23-11-22-17/h2-10,19H,11H2,1H3/b8-7+. The maximum Gasteiger partial charge on any atom is 0.231 e. The summed E-state index contributed by atoms with van der Waals surface area (Å²) in [5.41, 5.74) is 1.88. The van der Waals surface area contributed by atoms with Crippen molar-refractivity contribution < 1.29 is 19.1 Å². The number of ether oxygens (including phenoxy) is 2. The molecule has 116 valence electrons. The van der Waals surface area contributed by atoms with Gasteiger partial charge in [-0.2, -0.15) is 0 Å². The van der Waals surface area contributed by atoms with Gasteiger partial charge < -0.3 is 14.8 Å². The number of Topliss-reactive ketones (excluding diaryl/α,β-unsaturated/α-hetero) is 1. The monoisotopic (exact) mass is 309 g/mol. The lowest BCUT2D eigenvalue weighted by Crippen LogP contribution is -1.97. The van der Waals surface area contributed by atoms with Crippen LogP contribution in [0, 0.1) is 0 Å². The van der Waals surface area contributed by atoms with Crippen LogP contribution >= 0.6 is 0 Å². The van der Waals surface area contributed by atoms with Crippen molar-refractivity contribution in [1.82, 2.24) is 0 Å². The SMILES string of the molecule is CC(=O)c1cccc(N/C=C/C(=O)c2ccc3c(c2)OCO3)c1. The molecule has 3 rings (SSSR count). The second-order valence-electron chi connectivity index (χ2n) is 5.05. The number of allylic oxidation sites excluding steroid dienone is 1. The molecule has 1 aliphatic rings. The van der Waals surface area contributed by atoms with Crippen molar-refractivity contribution in [2.24, 2.45) is 0 Å². The number of nitrogens with one attached hydrogen (secondary N) is 1. The Hall–Kier alpha value is -3.08. The predicted molar refractivity (Wildman–Crippen MR) is 86.1 cm³/mol. The molecule has 2 aromatic rings. The first-order valence-electron chi connectivity index (χ1n) is 7.11. The summed E-state index contributed by atoms with van der Waals surface area (Å²) >= 11 is 0. The Kier molecular flexibility index (Phi) is 4.10. The second-order valence-corrected chi connectivity index (χ2v) is 5.05. The molecular weight excluding hydrogens is 294 g/mol. The van der Waals surface area contributed by atoms with E-state index in [0.717, 1.165) is 5.69 Å². The second kappa shape index (κ2) is 6.36. The highest BCUT2D eigenvalue weighted by Gasteiger charge is 2.14. The molecule has 0 amide bonds. The van der Waals surface area contributed by atoms with Gasteiger partial charge in [-0.05, 0) is 37.3 Å². The maximum atomic E-state index is 12.1. The number of benzene rings is 2. The third-order valence-electron chi connectivity index (χ3n) is 3.41. The van der Waals surface area contributed by atoms with E-state index in [2.05, 4.69) is 5.32 Å². The molecule has 0 aliphatic carbocycles. The van der Waals surface area contributed by atoms with Crippen LogP contribution in [0.15, 0.2) is 54.7 Å². The molecule has 0 aromatic heterocycles. The van der Waals surface area contributed by atoms with E-state index in [-0.39, 0.29) is 18.4 Å². The normalized spacial score (nSPS) is 12.4. The van der Waals surface area contributed by atoms with Crippen molar-refractivity contribution in [2.45, 2.75) is 6.92 Å². The van der Waals surface area contributed by atoms with Gasteiger partial charge >= 0.3 is 0 Å². The molecule has 0 spiro atoms. The molecule has 1 heterocycles. The highest BCUT2D eigenvalue weighted by molar-refractivity contribution is 6.05. The van der Waals surface area contributed by atoms with Crippen LogP contribution in [0.3, 0.4) is 0 Å². The Morgan fingerprint density at radius 2 is 1.87 bits per heavy atom. The largest absolute Gasteiger partial charge is 0.454 e. The van der Waals surface area contributed by atoms with Gasteiger partial charge in [0.15, 0.2) is 23.1 Å². The molecule has 0 radical (unpaired) electrons. The summed E-state index contributed by atoms with van der Waals surface area (Å²) in [5.74, 6) is 1.06. The van der Waals surface area contributed by atoms with E-state index >= 15 is 0 Å². The van der Waals surface area contributed by atoms with E-state index in [0.29, 0.717) is 22.6 Å². The fourth-order valence-corrected chi connectivity index (χ4v) is 2.19. The van der Waals surface area contributed by atoms with Crippen LogP contribution in [0.1, 0.15) is 27.6 Å². The minimum Gasteiger partial charge on any atom is -0.454 e. The lowest BCUT2D eigenvalue weighted by atomic mass is 10.1. The fraction of sp³-hybridized carbons (Fsp3) is 0.111. The average Bonchev–Trinajstić information content (AvgIpc) is 3.02. The molecule has 0 saturated heterocycles. The molecule has 2 aromatic carbocycles. The Bertz CT molecular complexity index is 795. The minimum absolute atomic E-state index is 0.00549. The first-order chi connectivity index (χ1) is 11.1. The van der Waals surface area contributed by atoms with Crippen LogP contribution in [0.5, 0.6) is 11.5 Å². The fourth-order valence-electron chi connectivity index (χ4n) is 2.19. The summed E-state index contributed by atoms with van der Waals surface area (Å²) in [6.07, 6.45) is 2.98. The number of hydrogen-bond donors (Lipinski definition) is 1. The predicted octanol–water partition coefficient (Wildman–Crippen LogP) is 3.43. The first kappa shape index (κ1) is 14.8. The van der Waals surface area contributed by atoms with Crippen molar-refractivity contribution in [3.8, 4) is 11.5 Å². The van der Waals surface area contributed by atoms with Crippen LogP contribution in [-0.2, 0) is 0 Å². The molecule has 0 saturated carbocycles. The number of hydrogen-bond acceptors (Lipinski definition) is 5. The molecular formula is C18H15NO4. The zero-order valence-corrected chi connectivity index (χ0v) is 12.5. The van der Waals surface area contributed by atoms with Gasteiger partial charge in [-0.25, -0.2) is 0 Å². The van der Waals surface area contributed by atoms with Gasteiger partial charge in [0.05, 0.1) is 0 Å². The first-order valence-corrected chi connectivity index (χ1v) is 7.11. The van der Waals surface area contributed by atoms with E-state index in [1.165, 1.54) is 13.0 Å². The van der Waals surface area contributed by atoms with Crippen LogP contribution in [0.2, 0.25) is 0 Å². The van der Waals surface area contributed by atoms with Gasteiger partial charge in [0, 0.05) is 29.1 Å². The van der Waals surface area contributed by atoms with Crippen molar-refractivity contribution in [3.63, 3.8) is 0 Å². The molecule has 0 unspecified atom stereocenters. The summed E-state index contributed by atoms with van der Waals surface area (Å²) in [6, 6.07) is 12.1. The Labute approximate surface area is 133 Å². The quantitative estimate of drug-likeness (QED) is 0.677. The lowest BCUT2D eigenvalue weighted by Gasteiger charge is -2.03. The zero-order chi connectivity index (χ0) is 16.2. The van der Waals surface area contributed by atoms with Crippen molar-refractivity contribution in [2.75, 3.05) is 12.1 Å². The van der Waals surface area contributed by atoms with Gasteiger partial charge in [-0.15, -0.1) is 0 Å². The minimum atomic E-state index is -0.154. The highest BCUT2D eigenvalue weighted by Crippen LogP contribution is 2.32. The Morgan fingerprint density at radius 1 is 1.04 bits per heavy atom. The van der Waals surface area contributed by atoms with Gasteiger partial charge in [0.25, 0.3) is 0 Å². The van der Waals surface area contributed by atoms with E-state index in [1.807, 2.05) is 6.07 Å². The van der Waals surface area contributed by atoms with E-state index in [4.69, 9.17) is 9.47 Å². The summed E-state index contributed by atoms with van der Waals surface area (Å²) in [4.78, 5) is 23.5. The Balaban J connectivity index is 1.67. The highest BCUT2D eigenvalue weighted by atomic mass is 16.7. The van der Waals surface area contributed by atoms with Crippen LogP contribution in [-0.4, -0.2) is 18.4 Å². The molecule has 5 nitrogen and oxygen atoms in total. The number of carbonyl (C=O) groups excluding carboxylic acids is 2. The number of anilines is 1. The molecule has 0 fully saturated rings. The summed E-state index contributed by atoms with van der Waals surface area (Å²) in [6.45, 7) is 1.69. The number of fused-ring (bicyclic) bond motifs is 1. The van der Waals surface area contributed by atoms with Crippen molar-refractivity contribution in [3.05, 3.63) is 65.9 Å². The van der Waals surface area contributed by atoms with Crippen LogP contribution in [0.4, 0.5) is 5.69 Å². The lowest BCUT2D eigenvalue weighted by molar-refractivity contribution is 0.101. The molecule has 0 bridgehead atoms. The zero-order valence-electron chi connectivity index (χ0n) is 12.5. The third kappa shape index (κ3) is 3.40. The Morgan fingerprint density at radius 3 is 2.70 bits per heavy atom. The molecule has 0 atom stereocenters. The van der Waals surface area contributed by atoms with E-state index in [9.17, 15) is 9.59 Å². The third-order valence-corrected chi connectivity index (χ3v) is 3.41. The smallest absolute Gasteiger partial charge is 0.231 e. The number of carbonyl (C=O) groups is 2. The summed E-state index contributed by atoms with van der Waals surface area (Å²) < 4.78 is 10.5. The van der Waals surface area contributed by atoms with Gasteiger partial charge in [0.2, 0.25) is 6.79 Å². The van der Waals surface area contributed by atoms with Crippen LogP contribution in [0.25, 0.3) is 0 Å². The molecule has 1 aliphatic heterocycles. The number of ketones is 2. The molecule has 1 N–H and O–H groups in total. The summed E-state index contributed by atoms with van der Waals surface area (Å²) in [7, 11) is 0. The molecule has 23 heavy (non-hydrogen) atoms. The van der Waals surface area contributed by atoms with Crippen molar-refractivity contribution >= 4 is 17.3 Å². The molecule has 5 heteroatoms. The van der Waals surface area contributed by atoms with Gasteiger partial charge in [-0.3, -0.25) is 9.59 Å². The number of rotatable bonds is 5. The van der Waals surface area contributed by atoms with E-state index < -0.39 is 0 Å². The average molecular weight is 309 g/mol. The summed E-state index contributed by atoms with van der Waals surface area (Å²) in [5, 5.41) is 2.98. The maximum absolute atomic E-state index is 12.1. The van der Waals surface area contributed by atoms with Gasteiger partial charge in [0.1, 0.15) is 0 Å². The topological polar surface area (TPSA) is 64.6 Å². The van der Waals surface area contributed by atoms with Gasteiger partial charge in [-0.1, -0.05) is 12.1 Å². The van der Waals surface area contributed by atoms with E-state index in [1.54, 1.807) is 42.6 Å². The van der Waals surface area contributed by atoms with Crippen LogP contribution < -0.4 is 14.8 Å². The van der Waals surface area contributed by atoms with Crippen molar-refractivity contribution in [1.29, 1.82) is 0 Å².